The van der Waals surface area contributed by atoms with Crippen LogP contribution >= 0.6 is 0 Å². The predicted molar refractivity (Wildman–Crippen MR) is 162 cm³/mol. The average molecular weight is 781 g/mol. The SMILES string of the molecule is C[C@@H]1O[C@H](O)[C@H](O)[C@H](O)[C@H]1O[C@H]1CC[C@H](O[C@H]2O[C@H](CO)[C@@H](O[C@@H]3O[C@H](CO)[C@@H](O[C@H]4O[C@H](CO)[C@H](O)[C@H](O)[C@@H]4O)[C@H](O)[C@@H]3O)[C@H](O)[C@H]2O)[C@@H](O)[C@@H]1O. The van der Waals surface area contributed by atoms with Gasteiger partial charge in [0, 0.05) is 0 Å². The predicted octanol–water partition coefficient (Wildman–Crippen LogP) is -9.45. The lowest BCUT2D eigenvalue weighted by Gasteiger charge is -2.48. The quantitative estimate of drug-likeness (QED) is 0.0925. The number of hydrogen-bond acceptors (Lipinski definition) is 23. The van der Waals surface area contributed by atoms with Crippen LogP contribution in [0, 0.1) is 0 Å². The Morgan fingerprint density at radius 2 is 0.792 bits per heavy atom. The second kappa shape index (κ2) is 18.1. The Labute approximate surface area is 301 Å². The van der Waals surface area contributed by atoms with Crippen molar-refractivity contribution < 1.29 is 114 Å². The smallest absolute Gasteiger partial charge is 0.187 e. The molecule has 0 unspecified atom stereocenters. The normalized spacial score (nSPS) is 54.1. The van der Waals surface area contributed by atoms with E-state index in [1.165, 1.54) is 6.92 Å². The molecule has 0 radical (unpaired) electrons. The second-order valence-corrected chi connectivity index (χ2v) is 13.9. The summed E-state index contributed by atoms with van der Waals surface area (Å²) in [7, 11) is 0. The van der Waals surface area contributed by atoms with Gasteiger partial charge in [-0.3, -0.25) is 0 Å². The molecule has 53 heavy (non-hydrogen) atoms. The van der Waals surface area contributed by atoms with Crippen LogP contribution in [0.15, 0.2) is 0 Å². The number of rotatable bonds is 11. The molecule has 4 heterocycles. The van der Waals surface area contributed by atoms with E-state index in [-0.39, 0.29) is 12.8 Å². The first-order valence-corrected chi connectivity index (χ1v) is 17.3. The van der Waals surface area contributed by atoms with Gasteiger partial charge < -0.3 is 114 Å². The Balaban J connectivity index is 1.18. The highest BCUT2D eigenvalue weighted by molar-refractivity contribution is 4.98. The molecule has 24 atom stereocenters. The van der Waals surface area contributed by atoms with Crippen LogP contribution in [0.25, 0.3) is 0 Å². The van der Waals surface area contributed by atoms with E-state index < -0.39 is 167 Å². The molecule has 0 spiro atoms. The van der Waals surface area contributed by atoms with E-state index in [0.29, 0.717) is 0 Å². The fraction of sp³-hybridized carbons (Fsp3) is 1.00. The molecule has 5 fully saturated rings. The molecule has 0 aromatic rings. The first-order valence-electron chi connectivity index (χ1n) is 17.3. The Morgan fingerprint density at radius 1 is 0.396 bits per heavy atom. The molecule has 23 heteroatoms. The average Bonchev–Trinajstić information content (AvgIpc) is 3.14. The first kappa shape index (κ1) is 43.2. The van der Waals surface area contributed by atoms with Crippen molar-refractivity contribution in [2.24, 2.45) is 0 Å². The van der Waals surface area contributed by atoms with Gasteiger partial charge >= 0.3 is 0 Å². The fourth-order valence-corrected chi connectivity index (χ4v) is 7.15. The molecule has 1 aliphatic carbocycles. The van der Waals surface area contributed by atoms with Crippen molar-refractivity contribution >= 4 is 0 Å². The first-order chi connectivity index (χ1) is 25.0. The van der Waals surface area contributed by atoms with E-state index in [9.17, 15) is 76.6 Å². The summed E-state index contributed by atoms with van der Waals surface area (Å²) in [4.78, 5) is 0. The molecule has 0 bridgehead atoms. The summed E-state index contributed by atoms with van der Waals surface area (Å²) in [5.41, 5.74) is 0. The third-order valence-corrected chi connectivity index (χ3v) is 10.4. The van der Waals surface area contributed by atoms with E-state index in [2.05, 4.69) is 0 Å². The van der Waals surface area contributed by atoms with Crippen molar-refractivity contribution in [3.63, 3.8) is 0 Å². The summed E-state index contributed by atoms with van der Waals surface area (Å²) < 4.78 is 44.2. The van der Waals surface area contributed by atoms with Gasteiger partial charge in [-0.1, -0.05) is 0 Å². The molecule has 0 amide bonds. The van der Waals surface area contributed by atoms with Crippen LogP contribution in [0.4, 0.5) is 0 Å². The molecule has 4 aliphatic heterocycles. The maximum atomic E-state index is 11.0. The summed E-state index contributed by atoms with van der Waals surface area (Å²) in [5.74, 6) is 0. The monoisotopic (exact) mass is 780 g/mol. The van der Waals surface area contributed by atoms with Crippen LogP contribution in [-0.4, -0.2) is 244 Å². The van der Waals surface area contributed by atoms with Gasteiger partial charge in [-0.05, 0) is 19.8 Å². The highest BCUT2D eigenvalue weighted by atomic mass is 16.8. The number of hydrogen-bond donors (Lipinski definition) is 15. The zero-order valence-electron chi connectivity index (χ0n) is 28.4. The Hall–Kier alpha value is -0.920. The van der Waals surface area contributed by atoms with Crippen molar-refractivity contribution in [2.75, 3.05) is 19.8 Å². The van der Waals surface area contributed by atoms with Crippen LogP contribution in [0.1, 0.15) is 19.8 Å². The summed E-state index contributed by atoms with van der Waals surface area (Å²) >= 11 is 0. The van der Waals surface area contributed by atoms with E-state index in [4.69, 9.17) is 37.9 Å². The minimum atomic E-state index is -2.02. The highest BCUT2D eigenvalue weighted by Gasteiger charge is 2.55. The van der Waals surface area contributed by atoms with Crippen molar-refractivity contribution in [2.45, 2.75) is 167 Å². The van der Waals surface area contributed by atoms with Gasteiger partial charge in [-0.2, -0.15) is 0 Å². The molecule has 1 saturated carbocycles. The summed E-state index contributed by atoms with van der Waals surface area (Å²) in [6, 6.07) is 0. The third-order valence-electron chi connectivity index (χ3n) is 10.4. The van der Waals surface area contributed by atoms with Crippen LogP contribution in [0.5, 0.6) is 0 Å². The van der Waals surface area contributed by atoms with Crippen LogP contribution < -0.4 is 0 Å². The molecular weight excluding hydrogens is 728 g/mol. The zero-order chi connectivity index (χ0) is 39.0. The number of aliphatic hydroxyl groups excluding tert-OH is 15. The topological polar surface area (TPSA) is 377 Å². The van der Waals surface area contributed by atoms with Crippen molar-refractivity contribution in [3.05, 3.63) is 0 Å². The molecule has 0 aromatic heterocycles. The van der Waals surface area contributed by atoms with Crippen LogP contribution in [-0.2, 0) is 37.9 Å². The molecule has 23 nitrogen and oxygen atoms in total. The molecule has 5 rings (SSSR count). The van der Waals surface area contributed by atoms with Crippen molar-refractivity contribution in [1.82, 2.24) is 0 Å². The van der Waals surface area contributed by atoms with Gasteiger partial charge in [0.15, 0.2) is 25.2 Å². The van der Waals surface area contributed by atoms with Gasteiger partial charge in [-0.15, -0.1) is 0 Å². The standard InChI is InChI=1S/C30H52O23/c1-7-24(17(38)20(41)27(45)46-7)47-8-2-3-9(14(35)13(8)34)48-28-22(43)18(39)25(11(5-32)50-28)53-30-23(44)19(40)26(12(6-33)51-30)52-29-21(42)16(37)15(36)10(4-31)49-29/h7-45H,2-6H2,1H3/t7-,8-,9-,10+,11+,12+,13+,14+,15-,16-,17-,18+,19+,20+,21-,22+,23-,24-,25+,26+,27-,28-,29+,30-/m0/s1. The van der Waals surface area contributed by atoms with Gasteiger partial charge in [0.25, 0.3) is 0 Å². The van der Waals surface area contributed by atoms with E-state index in [1.54, 1.807) is 0 Å². The Kier molecular flexibility index (Phi) is 14.8. The molecule has 310 valence electrons. The Morgan fingerprint density at radius 3 is 1.26 bits per heavy atom. The van der Waals surface area contributed by atoms with Crippen molar-refractivity contribution in [1.29, 1.82) is 0 Å². The van der Waals surface area contributed by atoms with E-state index in [1.807, 2.05) is 0 Å². The van der Waals surface area contributed by atoms with E-state index >= 15 is 0 Å². The minimum Gasteiger partial charge on any atom is -0.394 e. The van der Waals surface area contributed by atoms with Crippen LogP contribution in [0.2, 0.25) is 0 Å². The number of ether oxygens (including phenoxy) is 8. The molecule has 15 N–H and O–H groups in total. The lowest BCUT2D eigenvalue weighted by molar-refractivity contribution is -0.382. The third kappa shape index (κ3) is 8.82. The molecule has 4 saturated heterocycles. The largest absolute Gasteiger partial charge is 0.394 e. The molecule has 0 aromatic carbocycles. The Bertz CT molecular complexity index is 1140. The zero-order valence-corrected chi connectivity index (χ0v) is 28.4. The maximum Gasteiger partial charge on any atom is 0.187 e. The highest BCUT2D eigenvalue weighted by Crippen LogP contribution is 2.35. The fourth-order valence-electron chi connectivity index (χ4n) is 7.15. The maximum absolute atomic E-state index is 11.0. The van der Waals surface area contributed by atoms with Gasteiger partial charge in [-0.25, -0.2) is 0 Å². The summed E-state index contributed by atoms with van der Waals surface area (Å²) in [6.07, 6.45) is -39.0. The van der Waals surface area contributed by atoms with Gasteiger partial charge in [0.2, 0.25) is 0 Å². The van der Waals surface area contributed by atoms with E-state index in [0.717, 1.165) is 0 Å². The van der Waals surface area contributed by atoms with Gasteiger partial charge in [0.1, 0.15) is 104 Å². The van der Waals surface area contributed by atoms with Gasteiger partial charge in [0.05, 0.1) is 38.1 Å². The lowest BCUT2D eigenvalue weighted by Crippen LogP contribution is -2.67. The summed E-state index contributed by atoms with van der Waals surface area (Å²) in [6.45, 7) is -1.08. The minimum absolute atomic E-state index is 0.0182. The summed E-state index contributed by atoms with van der Waals surface area (Å²) in [5, 5.41) is 155. The molecular formula is C30H52O23. The van der Waals surface area contributed by atoms with Crippen LogP contribution in [0.3, 0.4) is 0 Å². The lowest BCUT2D eigenvalue weighted by atomic mass is 9.88. The van der Waals surface area contributed by atoms with Crippen molar-refractivity contribution in [3.8, 4) is 0 Å². The second-order valence-electron chi connectivity index (χ2n) is 13.9. The molecule has 5 aliphatic rings. The number of aliphatic hydroxyl groups is 15.